The number of nitrogens with zero attached hydrogens (tertiary/aromatic N) is 2. The summed E-state index contributed by atoms with van der Waals surface area (Å²) in [6.45, 7) is 4.52. The maximum Gasteiger partial charge on any atom is 0.267 e. The zero-order valence-electron chi connectivity index (χ0n) is 21.2. The molecule has 1 aliphatic heterocycles. The number of hydrogen-bond acceptors (Lipinski definition) is 6. The Morgan fingerprint density at radius 1 is 1.05 bits per heavy atom. The first-order chi connectivity index (χ1) is 17.9. The first-order valence-corrected chi connectivity index (χ1v) is 13.8. The van der Waals surface area contributed by atoms with Gasteiger partial charge in [-0.1, -0.05) is 37.3 Å². The Bertz CT molecular complexity index is 1310. The summed E-state index contributed by atoms with van der Waals surface area (Å²) in [6.07, 6.45) is 2.85. The van der Waals surface area contributed by atoms with Crippen molar-refractivity contribution in [2.45, 2.75) is 32.9 Å². The predicted molar refractivity (Wildman–Crippen MR) is 159 cm³/mol. The topological polar surface area (TPSA) is 60.4 Å². The number of para-hydroxylation sites is 1. The minimum Gasteiger partial charge on any atom is -0.497 e. The van der Waals surface area contributed by atoms with Gasteiger partial charge in [0.1, 0.15) is 5.75 Å². The van der Waals surface area contributed by atoms with E-state index in [4.69, 9.17) is 19.2 Å². The van der Waals surface area contributed by atoms with Crippen molar-refractivity contribution in [3.8, 4) is 17.2 Å². The SMILES string of the molecule is CC[C@@H](C)Oc1c(I)cc(/C=C2\SC(=Nc3ccccc3)N(Cc3ccc(OC)cc3)C2=O)cc1OC. The molecule has 0 bridgehead atoms. The molecule has 0 spiro atoms. The Hall–Kier alpha value is -2.98. The van der Waals surface area contributed by atoms with Gasteiger partial charge in [-0.05, 0) is 101 Å². The van der Waals surface area contributed by atoms with Gasteiger partial charge in [-0.25, -0.2) is 4.99 Å². The van der Waals surface area contributed by atoms with Crippen molar-refractivity contribution in [1.82, 2.24) is 4.90 Å². The Balaban J connectivity index is 1.68. The van der Waals surface area contributed by atoms with Crippen molar-refractivity contribution in [2.75, 3.05) is 14.2 Å². The van der Waals surface area contributed by atoms with Gasteiger partial charge < -0.3 is 14.2 Å². The average Bonchev–Trinajstić information content (AvgIpc) is 3.19. The number of hydrogen-bond donors (Lipinski definition) is 0. The molecule has 3 aromatic rings. The van der Waals surface area contributed by atoms with Gasteiger partial charge >= 0.3 is 0 Å². The molecule has 1 heterocycles. The molecule has 3 aromatic carbocycles. The van der Waals surface area contributed by atoms with Crippen molar-refractivity contribution in [3.05, 3.63) is 86.3 Å². The van der Waals surface area contributed by atoms with Crippen LogP contribution in [0.15, 0.2) is 76.6 Å². The molecule has 0 aromatic heterocycles. The summed E-state index contributed by atoms with van der Waals surface area (Å²) in [5.74, 6) is 2.04. The van der Waals surface area contributed by atoms with Crippen molar-refractivity contribution in [2.24, 2.45) is 4.99 Å². The minimum atomic E-state index is -0.0931. The number of amidine groups is 1. The number of rotatable bonds is 9. The van der Waals surface area contributed by atoms with E-state index in [1.165, 1.54) is 11.8 Å². The monoisotopic (exact) mass is 628 g/mol. The second-order valence-corrected chi connectivity index (χ2v) is 10.6. The molecular weight excluding hydrogens is 599 g/mol. The van der Waals surface area contributed by atoms with Gasteiger partial charge in [0.2, 0.25) is 0 Å². The molecule has 37 heavy (non-hydrogen) atoms. The molecule has 0 N–H and O–H groups in total. The number of amides is 1. The van der Waals surface area contributed by atoms with Crippen LogP contribution in [0.1, 0.15) is 31.4 Å². The molecule has 0 radical (unpaired) electrons. The standard InChI is InChI=1S/C29H29IN2O4S/c1-5-19(2)36-27-24(30)15-21(16-25(27)35-4)17-26-28(33)32(18-20-11-13-23(34-3)14-12-20)29(37-26)31-22-9-7-6-8-10-22/h6-17,19H,5,18H2,1-4H3/b26-17-,31-29?/t19-/m1/s1. The van der Waals surface area contributed by atoms with E-state index in [1.54, 1.807) is 19.1 Å². The highest BCUT2D eigenvalue weighted by Gasteiger charge is 2.33. The largest absolute Gasteiger partial charge is 0.497 e. The van der Waals surface area contributed by atoms with Crippen LogP contribution in [0.5, 0.6) is 17.2 Å². The molecular formula is C29H29IN2O4S. The van der Waals surface area contributed by atoms with Gasteiger partial charge in [0.25, 0.3) is 5.91 Å². The molecule has 6 nitrogen and oxygen atoms in total. The van der Waals surface area contributed by atoms with Crippen molar-refractivity contribution < 1.29 is 19.0 Å². The fraction of sp³-hybridized carbons (Fsp3) is 0.241. The van der Waals surface area contributed by atoms with E-state index in [1.807, 2.05) is 79.7 Å². The van der Waals surface area contributed by atoms with Gasteiger partial charge in [-0.2, -0.15) is 0 Å². The van der Waals surface area contributed by atoms with E-state index in [-0.39, 0.29) is 12.0 Å². The number of ether oxygens (including phenoxy) is 3. The molecule has 192 valence electrons. The summed E-state index contributed by atoms with van der Waals surface area (Å²) in [7, 11) is 3.26. The molecule has 0 saturated carbocycles. The van der Waals surface area contributed by atoms with E-state index in [0.717, 1.165) is 38.3 Å². The van der Waals surface area contributed by atoms with E-state index >= 15 is 0 Å². The number of halogens is 1. The summed E-state index contributed by atoms with van der Waals surface area (Å²) >= 11 is 3.62. The maximum atomic E-state index is 13.6. The third-order valence-electron chi connectivity index (χ3n) is 5.81. The Kier molecular flexibility index (Phi) is 9.15. The molecule has 0 unspecified atom stereocenters. The van der Waals surface area contributed by atoms with Gasteiger partial charge in [0.15, 0.2) is 16.7 Å². The summed E-state index contributed by atoms with van der Waals surface area (Å²) in [5.41, 5.74) is 2.64. The number of benzene rings is 3. The van der Waals surface area contributed by atoms with Gasteiger partial charge in [-0.15, -0.1) is 0 Å². The fourth-order valence-electron chi connectivity index (χ4n) is 3.63. The summed E-state index contributed by atoms with van der Waals surface area (Å²) in [5, 5.41) is 0.636. The van der Waals surface area contributed by atoms with E-state index in [0.29, 0.717) is 22.4 Å². The molecule has 1 saturated heterocycles. The smallest absolute Gasteiger partial charge is 0.267 e. The number of carbonyl (C=O) groups excluding carboxylic acids is 1. The van der Waals surface area contributed by atoms with Crippen LogP contribution in [0.4, 0.5) is 5.69 Å². The predicted octanol–water partition coefficient (Wildman–Crippen LogP) is 7.29. The van der Waals surface area contributed by atoms with Crippen LogP contribution in [0.3, 0.4) is 0 Å². The third-order valence-corrected chi connectivity index (χ3v) is 7.62. The van der Waals surface area contributed by atoms with Crippen LogP contribution >= 0.6 is 34.4 Å². The number of thioether (sulfide) groups is 1. The number of aliphatic imine (C=N–C) groups is 1. The van der Waals surface area contributed by atoms with Crippen molar-refractivity contribution >= 4 is 57.2 Å². The Morgan fingerprint density at radius 3 is 2.43 bits per heavy atom. The normalized spacial score (nSPS) is 16.4. The molecule has 1 fully saturated rings. The lowest BCUT2D eigenvalue weighted by atomic mass is 10.1. The second-order valence-electron chi connectivity index (χ2n) is 8.45. The molecule has 1 aliphatic rings. The minimum absolute atomic E-state index is 0.0712. The van der Waals surface area contributed by atoms with Crippen molar-refractivity contribution in [1.29, 1.82) is 0 Å². The first-order valence-electron chi connectivity index (χ1n) is 11.9. The molecule has 0 aliphatic carbocycles. The highest BCUT2D eigenvalue weighted by Crippen LogP contribution is 2.39. The quantitative estimate of drug-likeness (QED) is 0.184. The van der Waals surface area contributed by atoms with E-state index in [9.17, 15) is 4.79 Å². The average molecular weight is 629 g/mol. The maximum absolute atomic E-state index is 13.6. The Labute approximate surface area is 235 Å². The van der Waals surface area contributed by atoms with E-state index < -0.39 is 0 Å². The van der Waals surface area contributed by atoms with Gasteiger partial charge in [0.05, 0.1) is 41.0 Å². The summed E-state index contributed by atoms with van der Waals surface area (Å²) < 4.78 is 17.9. The van der Waals surface area contributed by atoms with Crippen LogP contribution in [0, 0.1) is 3.57 Å². The third kappa shape index (κ3) is 6.67. The van der Waals surface area contributed by atoms with Crippen LogP contribution in [-0.2, 0) is 11.3 Å². The first kappa shape index (κ1) is 27.1. The highest BCUT2D eigenvalue weighted by molar-refractivity contribution is 14.1. The van der Waals surface area contributed by atoms with Crippen molar-refractivity contribution in [3.63, 3.8) is 0 Å². The Morgan fingerprint density at radius 2 is 1.78 bits per heavy atom. The molecule has 1 amide bonds. The van der Waals surface area contributed by atoms with Crippen LogP contribution in [-0.4, -0.2) is 36.3 Å². The van der Waals surface area contributed by atoms with Crippen LogP contribution in [0.25, 0.3) is 6.08 Å². The zero-order chi connectivity index (χ0) is 26.4. The molecule has 1 atom stereocenters. The van der Waals surface area contributed by atoms with Gasteiger partial charge in [0, 0.05) is 0 Å². The number of carbonyl (C=O) groups is 1. The zero-order valence-corrected chi connectivity index (χ0v) is 24.2. The van der Waals surface area contributed by atoms with E-state index in [2.05, 4.69) is 29.5 Å². The lowest BCUT2D eigenvalue weighted by Crippen LogP contribution is -2.28. The lowest BCUT2D eigenvalue weighted by molar-refractivity contribution is -0.122. The number of methoxy groups -OCH3 is 2. The van der Waals surface area contributed by atoms with Gasteiger partial charge in [-0.3, -0.25) is 9.69 Å². The second kappa shape index (κ2) is 12.5. The molecule has 4 rings (SSSR count). The molecule has 8 heteroatoms. The fourth-order valence-corrected chi connectivity index (χ4v) is 5.38. The highest BCUT2D eigenvalue weighted by atomic mass is 127. The summed E-state index contributed by atoms with van der Waals surface area (Å²) in [6, 6.07) is 21.3. The lowest BCUT2D eigenvalue weighted by Gasteiger charge is -2.17. The van der Waals surface area contributed by atoms with Crippen LogP contribution < -0.4 is 14.2 Å². The summed E-state index contributed by atoms with van der Waals surface area (Å²) in [4.78, 5) is 20.7. The van der Waals surface area contributed by atoms with Crippen LogP contribution in [0.2, 0.25) is 0 Å².